The second-order valence-electron chi connectivity index (χ2n) is 3.17. The maximum absolute atomic E-state index is 11.5. The SMILES string of the molecule is CCCN(CCO)C(=O)NCC(=O)OCC. The van der Waals surface area contributed by atoms with Crippen molar-refractivity contribution in [1.82, 2.24) is 10.2 Å². The molecule has 0 bridgehead atoms. The molecule has 0 aliphatic carbocycles. The first-order valence-electron chi connectivity index (χ1n) is 5.44. The van der Waals surface area contributed by atoms with Crippen LogP contribution in [0, 0.1) is 0 Å². The minimum absolute atomic E-state index is 0.0904. The Morgan fingerprint density at radius 1 is 1.31 bits per heavy atom. The van der Waals surface area contributed by atoms with Gasteiger partial charge in [-0.05, 0) is 13.3 Å². The lowest BCUT2D eigenvalue weighted by atomic mass is 10.4. The molecule has 0 aromatic rings. The maximum Gasteiger partial charge on any atom is 0.325 e. The van der Waals surface area contributed by atoms with E-state index in [0.717, 1.165) is 6.42 Å². The molecule has 94 valence electrons. The smallest absolute Gasteiger partial charge is 0.325 e. The van der Waals surface area contributed by atoms with Crippen LogP contribution in [0.3, 0.4) is 0 Å². The first-order valence-corrected chi connectivity index (χ1v) is 5.44. The Bertz CT molecular complexity index is 215. The van der Waals surface area contributed by atoms with Crippen molar-refractivity contribution in [2.24, 2.45) is 0 Å². The van der Waals surface area contributed by atoms with E-state index in [9.17, 15) is 9.59 Å². The molecule has 0 fully saturated rings. The van der Waals surface area contributed by atoms with E-state index in [1.807, 2.05) is 6.92 Å². The molecule has 6 heteroatoms. The number of hydrogen-bond acceptors (Lipinski definition) is 4. The van der Waals surface area contributed by atoms with Gasteiger partial charge in [0.05, 0.1) is 13.2 Å². The van der Waals surface area contributed by atoms with Crippen LogP contribution >= 0.6 is 0 Å². The summed E-state index contributed by atoms with van der Waals surface area (Å²) in [6.07, 6.45) is 0.798. The summed E-state index contributed by atoms with van der Waals surface area (Å²) in [5.41, 5.74) is 0. The molecule has 0 atom stereocenters. The average Bonchev–Trinajstić information content (AvgIpc) is 2.26. The number of carbonyl (C=O) groups excluding carboxylic acids is 2. The Labute approximate surface area is 95.6 Å². The lowest BCUT2D eigenvalue weighted by molar-refractivity contribution is -0.141. The van der Waals surface area contributed by atoms with E-state index in [0.29, 0.717) is 13.2 Å². The Hall–Kier alpha value is -1.30. The average molecular weight is 232 g/mol. The largest absolute Gasteiger partial charge is 0.465 e. The fourth-order valence-corrected chi connectivity index (χ4v) is 1.18. The summed E-state index contributed by atoms with van der Waals surface area (Å²) >= 11 is 0. The van der Waals surface area contributed by atoms with E-state index >= 15 is 0 Å². The zero-order chi connectivity index (χ0) is 12.4. The molecular weight excluding hydrogens is 212 g/mol. The molecule has 0 rings (SSSR count). The molecule has 6 nitrogen and oxygen atoms in total. The molecule has 0 aromatic carbocycles. The summed E-state index contributed by atoms with van der Waals surface area (Å²) in [7, 11) is 0. The molecule has 0 saturated carbocycles. The number of nitrogens with one attached hydrogen (secondary N) is 1. The predicted octanol–water partition coefficient (Wildman–Crippen LogP) is -0.0366. The quantitative estimate of drug-likeness (QED) is 0.604. The molecule has 2 N–H and O–H groups in total. The lowest BCUT2D eigenvalue weighted by Crippen LogP contribution is -2.43. The van der Waals surface area contributed by atoms with Crippen molar-refractivity contribution in [3.8, 4) is 0 Å². The topological polar surface area (TPSA) is 78.9 Å². The van der Waals surface area contributed by atoms with E-state index in [4.69, 9.17) is 5.11 Å². The van der Waals surface area contributed by atoms with Gasteiger partial charge in [0.25, 0.3) is 0 Å². The van der Waals surface area contributed by atoms with Crippen LogP contribution in [0.1, 0.15) is 20.3 Å². The molecule has 0 unspecified atom stereocenters. The lowest BCUT2D eigenvalue weighted by Gasteiger charge is -2.21. The second-order valence-corrected chi connectivity index (χ2v) is 3.17. The molecule has 2 amide bonds. The van der Waals surface area contributed by atoms with Gasteiger partial charge in [-0.3, -0.25) is 4.79 Å². The fourth-order valence-electron chi connectivity index (χ4n) is 1.18. The van der Waals surface area contributed by atoms with Crippen LogP contribution in [0.5, 0.6) is 0 Å². The summed E-state index contributed by atoms with van der Waals surface area (Å²) in [4.78, 5) is 24.0. The van der Waals surface area contributed by atoms with Gasteiger partial charge in [-0.1, -0.05) is 6.92 Å². The van der Waals surface area contributed by atoms with Crippen molar-refractivity contribution >= 4 is 12.0 Å². The molecule has 16 heavy (non-hydrogen) atoms. The van der Waals surface area contributed by atoms with Crippen LogP contribution < -0.4 is 5.32 Å². The number of aliphatic hydroxyl groups is 1. The Balaban J connectivity index is 3.94. The van der Waals surface area contributed by atoms with Crippen molar-refractivity contribution in [3.63, 3.8) is 0 Å². The molecule has 0 radical (unpaired) electrons. The van der Waals surface area contributed by atoms with E-state index in [-0.39, 0.29) is 25.7 Å². The molecule has 0 saturated heterocycles. The Morgan fingerprint density at radius 3 is 2.50 bits per heavy atom. The van der Waals surface area contributed by atoms with Gasteiger partial charge in [-0.25, -0.2) is 4.79 Å². The fraction of sp³-hybridized carbons (Fsp3) is 0.800. The summed E-state index contributed by atoms with van der Waals surface area (Å²) in [6, 6.07) is -0.357. The Morgan fingerprint density at radius 2 is 2.00 bits per heavy atom. The van der Waals surface area contributed by atoms with Gasteiger partial charge in [0.2, 0.25) is 0 Å². The number of urea groups is 1. The number of esters is 1. The molecule has 0 aliphatic rings. The van der Waals surface area contributed by atoms with Gasteiger partial charge >= 0.3 is 12.0 Å². The van der Waals surface area contributed by atoms with Crippen molar-refractivity contribution in [1.29, 1.82) is 0 Å². The van der Waals surface area contributed by atoms with Gasteiger partial charge in [-0.2, -0.15) is 0 Å². The minimum atomic E-state index is -0.462. The molecular formula is C10H20N2O4. The van der Waals surface area contributed by atoms with Crippen LogP contribution in [-0.2, 0) is 9.53 Å². The second kappa shape index (κ2) is 8.96. The van der Waals surface area contributed by atoms with Gasteiger partial charge < -0.3 is 20.1 Å². The van der Waals surface area contributed by atoms with Gasteiger partial charge in [-0.15, -0.1) is 0 Å². The van der Waals surface area contributed by atoms with E-state index in [1.165, 1.54) is 4.90 Å². The number of carbonyl (C=O) groups is 2. The zero-order valence-electron chi connectivity index (χ0n) is 9.86. The first-order chi connectivity index (χ1) is 7.65. The minimum Gasteiger partial charge on any atom is -0.465 e. The van der Waals surface area contributed by atoms with Crippen molar-refractivity contribution in [2.45, 2.75) is 20.3 Å². The Kier molecular flexibility index (Phi) is 8.24. The summed E-state index contributed by atoms with van der Waals surface area (Å²) in [6.45, 7) is 4.52. The van der Waals surface area contributed by atoms with Gasteiger partial charge in [0.15, 0.2) is 0 Å². The van der Waals surface area contributed by atoms with Crippen LogP contribution in [0.25, 0.3) is 0 Å². The molecule has 0 heterocycles. The highest BCUT2D eigenvalue weighted by Gasteiger charge is 2.12. The van der Waals surface area contributed by atoms with Crippen molar-refractivity contribution in [2.75, 3.05) is 32.8 Å². The number of ether oxygens (including phenoxy) is 1. The predicted molar refractivity (Wildman–Crippen MR) is 59.0 cm³/mol. The van der Waals surface area contributed by atoms with Gasteiger partial charge in [0, 0.05) is 13.1 Å². The van der Waals surface area contributed by atoms with Crippen LogP contribution in [-0.4, -0.2) is 54.9 Å². The zero-order valence-corrected chi connectivity index (χ0v) is 9.86. The van der Waals surface area contributed by atoms with Gasteiger partial charge in [0.1, 0.15) is 6.54 Å². The normalized spacial score (nSPS) is 9.69. The summed E-state index contributed by atoms with van der Waals surface area (Å²) in [5.74, 6) is -0.462. The maximum atomic E-state index is 11.5. The number of nitrogens with zero attached hydrogens (tertiary/aromatic N) is 1. The highest BCUT2D eigenvalue weighted by molar-refractivity contribution is 5.80. The van der Waals surface area contributed by atoms with Crippen LogP contribution in [0.4, 0.5) is 4.79 Å². The number of aliphatic hydroxyl groups excluding tert-OH is 1. The van der Waals surface area contributed by atoms with Crippen LogP contribution in [0.15, 0.2) is 0 Å². The first kappa shape index (κ1) is 14.7. The van der Waals surface area contributed by atoms with Crippen LogP contribution in [0.2, 0.25) is 0 Å². The number of hydrogen-bond donors (Lipinski definition) is 2. The standard InChI is InChI=1S/C10H20N2O4/c1-3-5-12(6-7-13)10(15)11-8-9(14)16-4-2/h13H,3-8H2,1-2H3,(H,11,15). The monoisotopic (exact) mass is 232 g/mol. The van der Waals surface area contributed by atoms with E-state index < -0.39 is 5.97 Å². The van der Waals surface area contributed by atoms with Crippen molar-refractivity contribution < 1.29 is 19.4 Å². The van der Waals surface area contributed by atoms with E-state index in [1.54, 1.807) is 6.92 Å². The molecule has 0 spiro atoms. The number of amides is 2. The number of rotatable bonds is 7. The summed E-state index contributed by atoms with van der Waals surface area (Å²) < 4.78 is 4.67. The molecule has 0 aromatic heterocycles. The molecule has 0 aliphatic heterocycles. The van der Waals surface area contributed by atoms with E-state index in [2.05, 4.69) is 10.1 Å². The van der Waals surface area contributed by atoms with Crippen molar-refractivity contribution in [3.05, 3.63) is 0 Å². The third kappa shape index (κ3) is 6.23. The third-order valence-electron chi connectivity index (χ3n) is 1.84. The highest BCUT2D eigenvalue weighted by atomic mass is 16.5. The highest BCUT2D eigenvalue weighted by Crippen LogP contribution is 1.92. The summed E-state index contributed by atoms with van der Waals surface area (Å²) in [5, 5.41) is 11.2. The third-order valence-corrected chi connectivity index (χ3v) is 1.84.